The van der Waals surface area contributed by atoms with Crippen LogP contribution in [-0.2, 0) is 15.1 Å². The van der Waals surface area contributed by atoms with Gasteiger partial charge in [0.15, 0.2) is 5.54 Å². The van der Waals surface area contributed by atoms with Crippen molar-refractivity contribution in [1.29, 1.82) is 0 Å². The number of alkyl halides is 6. The lowest BCUT2D eigenvalue weighted by molar-refractivity contribution is -0.201. The minimum atomic E-state index is -4.99. The average Bonchev–Trinajstić information content (AvgIpc) is 2.89. The number of aliphatic hydroxyl groups excluding tert-OH is 1. The van der Waals surface area contributed by atoms with Gasteiger partial charge in [-0.2, -0.15) is 26.3 Å². The van der Waals surface area contributed by atoms with E-state index in [2.05, 4.69) is 15.6 Å². The third kappa shape index (κ3) is 7.32. The molecule has 1 aliphatic rings. The fraction of sp³-hybridized carbons (Fsp3) is 0.444. The summed E-state index contributed by atoms with van der Waals surface area (Å²) in [5.74, 6) is -1.74. The smallest absolute Gasteiger partial charge is 0.416 e. The molecular weight excluding hydrogens is 544 g/mol. The van der Waals surface area contributed by atoms with Crippen molar-refractivity contribution in [2.24, 2.45) is 0 Å². The van der Waals surface area contributed by atoms with Crippen molar-refractivity contribution in [1.82, 2.24) is 15.6 Å². The Morgan fingerprint density at radius 2 is 1.80 bits per heavy atom. The molecule has 0 bridgehead atoms. The van der Waals surface area contributed by atoms with E-state index in [0.717, 1.165) is 17.7 Å². The van der Waals surface area contributed by atoms with Gasteiger partial charge in [-0.15, -0.1) is 0 Å². The van der Waals surface area contributed by atoms with Crippen LogP contribution in [-0.4, -0.2) is 54.0 Å². The molecule has 13 heteroatoms. The van der Waals surface area contributed by atoms with Gasteiger partial charge in [0.05, 0.1) is 12.3 Å². The number of aromatic nitrogens is 1. The lowest BCUT2D eigenvalue weighted by Crippen LogP contribution is -2.59. The van der Waals surface area contributed by atoms with Crippen LogP contribution in [0.15, 0.2) is 48.2 Å². The van der Waals surface area contributed by atoms with Gasteiger partial charge in [-0.25, -0.2) is 0 Å². The SMILES string of the molecule is CC(C)c1ccc(C2=C(CNC(=O)CO)C(=O)N[C@@](c3ccc(OCCCC(F)(F)F)cc3)(C(F)(F)F)C2)nc1. The Kier molecular flexibility index (Phi) is 9.49. The van der Waals surface area contributed by atoms with E-state index < -0.39 is 55.7 Å². The largest absolute Gasteiger partial charge is 0.494 e. The van der Waals surface area contributed by atoms with Gasteiger partial charge in [-0.1, -0.05) is 32.0 Å². The number of nitrogens with one attached hydrogen (secondary N) is 2. The maximum absolute atomic E-state index is 14.8. The number of carbonyl (C=O) groups is 2. The molecule has 0 aliphatic carbocycles. The van der Waals surface area contributed by atoms with E-state index in [-0.39, 0.29) is 47.1 Å². The van der Waals surface area contributed by atoms with Gasteiger partial charge in [-0.05, 0) is 47.2 Å². The molecule has 3 N–H and O–H groups in total. The number of nitrogens with zero attached hydrogens (tertiary/aromatic N) is 1. The second-order valence-electron chi connectivity index (χ2n) is 9.65. The third-order valence-electron chi connectivity index (χ3n) is 6.48. The minimum Gasteiger partial charge on any atom is -0.494 e. The van der Waals surface area contributed by atoms with E-state index in [1.54, 1.807) is 6.07 Å². The molecule has 0 saturated heterocycles. The summed E-state index contributed by atoms with van der Waals surface area (Å²) in [4.78, 5) is 29.1. The number of carbonyl (C=O) groups excluding carboxylic acids is 2. The summed E-state index contributed by atoms with van der Waals surface area (Å²) in [6.07, 6.45) is -9.96. The van der Waals surface area contributed by atoms with Gasteiger partial charge < -0.3 is 20.5 Å². The Morgan fingerprint density at radius 3 is 2.33 bits per heavy atom. The van der Waals surface area contributed by atoms with Crippen LogP contribution in [0.3, 0.4) is 0 Å². The molecule has 2 amide bonds. The Hall–Kier alpha value is -3.61. The van der Waals surface area contributed by atoms with E-state index in [0.29, 0.717) is 0 Å². The van der Waals surface area contributed by atoms with Crippen LogP contribution >= 0.6 is 0 Å². The first kappa shape index (κ1) is 30.9. The minimum absolute atomic E-state index is 0.0397. The van der Waals surface area contributed by atoms with E-state index in [1.807, 2.05) is 13.8 Å². The molecule has 40 heavy (non-hydrogen) atoms. The summed E-state index contributed by atoms with van der Waals surface area (Å²) in [6, 6.07) is 7.78. The van der Waals surface area contributed by atoms with Gasteiger partial charge in [0.1, 0.15) is 12.4 Å². The number of aliphatic hydroxyl groups is 1. The van der Waals surface area contributed by atoms with Gasteiger partial charge in [0.25, 0.3) is 0 Å². The van der Waals surface area contributed by atoms with Crippen LogP contribution in [0.5, 0.6) is 5.75 Å². The fourth-order valence-corrected chi connectivity index (χ4v) is 4.23. The van der Waals surface area contributed by atoms with Crippen LogP contribution in [0, 0.1) is 0 Å². The molecule has 1 aromatic carbocycles. The van der Waals surface area contributed by atoms with E-state index in [9.17, 15) is 35.9 Å². The monoisotopic (exact) mass is 573 g/mol. The second-order valence-corrected chi connectivity index (χ2v) is 9.65. The first-order chi connectivity index (χ1) is 18.7. The molecule has 2 heterocycles. The van der Waals surface area contributed by atoms with Crippen molar-refractivity contribution in [2.45, 2.75) is 56.9 Å². The summed E-state index contributed by atoms with van der Waals surface area (Å²) in [5, 5.41) is 13.4. The van der Waals surface area contributed by atoms with Crippen molar-refractivity contribution in [3.63, 3.8) is 0 Å². The van der Waals surface area contributed by atoms with E-state index >= 15 is 0 Å². The topological polar surface area (TPSA) is 101 Å². The van der Waals surface area contributed by atoms with Crippen LogP contribution in [0.4, 0.5) is 26.3 Å². The highest BCUT2D eigenvalue weighted by Gasteiger charge is 2.59. The molecule has 0 unspecified atom stereocenters. The molecule has 218 valence electrons. The highest BCUT2D eigenvalue weighted by atomic mass is 19.4. The highest BCUT2D eigenvalue weighted by Crippen LogP contribution is 2.48. The molecule has 1 atom stereocenters. The lowest BCUT2D eigenvalue weighted by atomic mass is 9.77. The van der Waals surface area contributed by atoms with Crippen molar-refractivity contribution in [3.8, 4) is 5.75 Å². The van der Waals surface area contributed by atoms with Gasteiger partial charge in [0.2, 0.25) is 11.8 Å². The zero-order chi connectivity index (χ0) is 29.7. The summed E-state index contributed by atoms with van der Waals surface area (Å²) < 4.78 is 86.6. The van der Waals surface area contributed by atoms with Crippen molar-refractivity contribution in [3.05, 3.63) is 65.0 Å². The molecule has 0 saturated carbocycles. The predicted octanol–water partition coefficient (Wildman–Crippen LogP) is 4.77. The van der Waals surface area contributed by atoms with Crippen molar-refractivity contribution >= 4 is 17.4 Å². The Labute approximate surface area is 226 Å². The van der Waals surface area contributed by atoms with Gasteiger partial charge in [0, 0.05) is 31.2 Å². The molecule has 0 spiro atoms. The Bertz CT molecular complexity index is 1220. The molecule has 1 aromatic heterocycles. The number of halogens is 6. The first-order valence-corrected chi connectivity index (χ1v) is 12.4. The third-order valence-corrected chi connectivity index (χ3v) is 6.48. The average molecular weight is 574 g/mol. The van der Waals surface area contributed by atoms with Crippen LogP contribution in [0.25, 0.3) is 5.57 Å². The lowest BCUT2D eigenvalue weighted by Gasteiger charge is -2.41. The Morgan fingerprint density at radius 1 is 1.12 bits per heavy atom. The number of benzene rings is 1. The zero-order valence-corrected chi connectivity index (χ0v) is 21.7. The highest BCUT2D eigenvalue weighted by molar-refractivity contribution is 6.04. The number of pyridine rings is 1. The van der Waals surface area contributed by atoms with E-state index in [1.165, 1.54) is 24.4 Å². The number of hydrogen-bond acceptors (Lipinski definition) is 5. The molecule has 3 rings (SSSR count). The molecule has 0 fully saturated rings. The normalized spacial score (nSPS) is 18.1. The summed E-state index contributed by atoms with van der Waals surface area (Å²) in [5.41, 5.74) is -2.45. The fourth-order valence-electron chi connectivity index (χ4n) is 4.23. The maximum Gasteiger partial charge on any atom is 0.416 e. The summed E-state index contributed by atoms with van der Waals surface area (Å²) in [7, 11) is 0. The van der Waals surface area contributed by atoms with Crippen molar-refractivity contribution < 1.29 is 45.8 Å². The summed E-state index contributed by atoms with van der Waals surface area (Å²) in [6.45, 7) is 2.24. The summed E-state index contributed by atoms with van der Waals surface area (Å²) >= 11 is 0. The number of hydrogen-bond donors (Lipinski definition) is 3. The van der Waals surface area contributed by atoms with Gasteiger partial charge >= 0.3 is 12.4 Å². The van der Waals surface area contributed by atoms with Crippen molar-refractivity contribution in [2.75, 3.05) is 19.8 Å². The second kappa shape index (κ2) is 12.3. The maximum atomic E-state index is 14.8. The van der Waals surface area contributed by atoms with Gasteiger partial charge in [-0.3, -0.25) is 14.6 Å². The van der Waals surface area contributed by atoms with E-state index in [4.69, 9.17) is 9.84 Å². The number of rotatable bonds is 10. The first-order valence-electron chi connectivity index (χ1n) is 12.4. The standard InChI is InChI=1S/C27H29F6N3O4/c1-16(2)17-4-9-22(34-13-17)20-12-25(27(31,32)33,36-24(39)21(20)14-35-23(38)15-37)18-5-7-19(8-6-18)40-11-3-10-26(28,29)30/h4-9,13,16,37H,3,10-12,14-15H2,1-2H3,(H,35,38)(H,36,39)/t25-/m0/s1. The van der Waals surface area contributed by atoms with Crippen LogP contribution in [0.1, 0.15) is 55.8 Å². The zero-order valence-electron chi connectivity index (χ0n) is 21.7. The van der Waals surface area contributed by atoms with Crippen LogP contribution in [0.2, 0.25) is 0 Å². The molecule has 2 aromatic rings. The molecule has 7 nitrogen and oxygen atoms in total. The molecular formula is C27H29F6N3O4. The quantitative estimate of drug-likeness (QED) is 0.281. The Balaban J connectivity index is 1.99. The molecule has 1 aliphatic heterocycles. The van der Waals surface area contributed by atoms with Crippen LogP contribution < -0.4 is 15.4 Å². The molecule has 0 radical (unpaired) electrons. The predicted molar refractivity (Wildman–Crippen MR) is 133 cm³/mol. The number of ether oxygens (including phenoxy) is 1. The number of amides is 2.